The first kappa shape index (κ1) is 17.7. The summed E-state index contributed by atoms with van der Waals surface area (Å²) in [5.41, 5.74) is 1.32. The molecule has 0 aliphatic carbocycles. The van der Waals surface area contributed by atoms with Crippen LogP contribution in [0.25, 0.3) is 0 Å². The van der Waals surface area contributed by atoms with Crippen molar-refractivity contribution < 1.29 is 18.8 Å². The molecule has 0 bridgehead atoms. The third-order valence-electron chi connectivity index (χ3n) is 4.69. The van der Waals surface area contributed by atoms with E-state index in [0.717, 1.165) is 16.0 Å². The fraction of sp³-hybridized carbons (Fsp3) is 0.316. The van der Waals surface area contributed by atoms with E-state index in [4.69, 9.17) is 4.42 Å². The predicted molar refractivity (Wildman–Crippen MR) is 95.6 cm³/mol. The molecule has 3 rings (SSSR count). The van der Waals surface area contributed by atoms with E-state index in [1.165, 1.54) is 0 Å². The van der Waals surface area contributed by atoms with Crippen LogP contribution in [0.5, 0.6) is 0 Å². The van der Waals surface area contributed by atoms with Gasteiger partial charge < -0.3 is 15.1 Å². The van der Waals surface area contributed by atoms with E-state index >= 15 is 0 Å². The maximum atomic E-state index is 12.8. The van der Waals surface area contributed by atoms with Gasteiger partial charge in [-0.25, -0.2) is 4.79 Å². The Bertz CT molecular complexity index is 902. The van der Waals surface area contributed by atoms with Crippen LogP contribution in [0.2, 0.25) is 0 Å². The van der Waals surface area contributed by atoms with Crippen molar-refractivity contribution in [1.29, 1.82) is 0 Å². The van der Waals surface area contributed by atoms with Crippen LogP contribution in [-0.4, -0.2) is 29.3 Å². The normalized spacial score (nSPS) is 19.6. The number of carbonyl (C=O) groups excluding carboxylic acids is 3. The van der Waals surface area contributed by atoms with E-state index in [2.05, 4.69) is 10.6 Å². The fourth-order valence-electron chi connectivity index (χ4n) is 2.93. The second-order valence-corrected chi connectivity index (χ2v) is 6.65. The topological polar surface area (TPSA) is 91.7 Å². The molecular formula is C19H21N3O4. The lowest BCUT2D eigenvalue weighted by Crippen LogP contribution is -2.41. The quantitative estimate of drug-likeness (QED) is 0.825. The van der Waals surface area contributed by atoms with Gasteiger partial charge in [-0.15, -0.1) is 0 Å². The standard InChI is InChI=1S/C19H21N3O4/c1-11-6-5-7-14(13(11)3)20-16(23)10-22-17(24)19(4,21-18(22)25)15-9-8-12(2)26-15/h5-9H,10H2,1-4H3,(H,20,23)(H,21,25)/t19-/m1/s1. The van der Waals surface area contributed by atoms with Gasteiger partial charge in [0.25, 0.3) is 5.91 Å². The summed E-state index contributed by atoms with van der Waals surface area (Å²) in [5, 5.41) is 5.37. The highest BCUT2D eigenvalue weighted by molar-refractivity contribution is 6.10. The molecule has 0 radical (unpaired) electrons. The average Bonchev–Trinajstić information content (AvgIpc) is 3.10. The molecule has 1 atom stereocenters. The highest BCUT2D eigenvalue weighted by atomic mass is 16.3. The summed E-state index contributed by atoms with van der Waals surface area (Å²) in [6.07, 6.45) is 0. The predicted octanol–water partition coefficient (Wildman–Crippen LogP) is 2.61. The smallest absolute Gasteiger partial charge is 0.325 e. The molecule has 1 aliphatic rings. The van der Waals surface area contributed by atoms with Crippen molar-refractivity contribution in [3.8, 4) is 0 Å². The van der Waals surface area contributed by atoms with E-state index < -0.39 is 23.4 Å². The highest BCUT2D eigenvalue weighted by Gasteiger charge is 2.51. The fourth-order valence-corrected chi connectivity index (χ4v) is 2.93. The second-order valence-electron chi connectivity index (χ2n) is 6.65. The first-order valence-corrected chi connectivity index (χ1v) is 8.29. The number of imide groups is 1. The molecule has 4 amide bonds. The van der Waals surface area contributed by atoms with Gasteiger partial charge in [-0.1, -0.05) is 12.1 Å². The number of benzene rings is 1. The van der Waals surface area contributed by atoms with Crippen molar-refractivity contribution in [2.45, 2.75) is 33.2 Å². The van der Waals surface area contributed by atoms with Crippen LogP contribution in [0, 0.1) is 20.8 Å². The van der Waals surface area contributed by atoms with Gasteiger partial charge in [0, 0.05) is 5.69 Å². The molecule has 1 fully saturated rings. The molecule has 2 heterocycles. The van der Waals surface area contributed by atoms with Gasteiger partial charge in [0.2, 0.25) is 5.91 Å². The number of hydrogen-bond donors (Lipinski definition) is 2. The molecule has 1 aromatic carbocycles. The Balaban J connectivity index is 1.75. The zero-order valence-corrected chi connectivity index (χ0v) is 15.2. The second kappa shape index (κ2) is 6.33. The lowest BCUT2D eigenvalue weighted by Gasteiger charge is -2.19. The van der Waals surface area contributed by atoms with Gasteiger partial charge in [0.1, 0.15) is 18.1 Å². The number of urea groups is 1. The summed E-state index contributed by atoms with van der Waals surface area (Å²) in [4.78, 5) is 38.3. The first-order chi connectivity index (χ1) is 12.2. The van der Waals surface area contributed by atoms with E-state index in [-0.39, 0.29) is 6.54 Å². The molecule has 2 aromatic rings. The molecule has 7 nitrogen and oxygen atoms in total. The Kier molecular flexibility index (Phi) is 4.31. The Hall–Kier alpha value is -3.09. The van der Waals surface area contributed by atoms with Crippen LogP contribution in [0.15, 0.2) is 34.7 Å². The lowest BCUT2D eigenvalue weighted by atomic mass is 9.99. The summed E-state index contributed by atoms with van der Waals surface area (Å²) in [5.74, 6) is 0.00946. The summed E-state index contributed by atoms with van der Waals surface area (Å²) in [7, 11) is 0. The van der Waals surface area contributed by atoms with Crippen molar-refractivity contribution in [3.63, 3.8) is 0 Å². The van der Waals surface area contributed by atoms with Gasteiger partial charge in [0.05, 0.1) is 0 Å². The van der Waals surface area contributed by atoms with Crippen molar-refractivity contribution in [2.24, 2.45) is 0 Å². The average molecular weight is 355 g/mol. The maximum absolute atomic E-state index is 12.8. The minimum absolute atomic E-state index is 0.339. The summed E-state index contributed by atoms with van der Waals surface area (Å²) in [6.45, 7) is 6.79. The van der Waals surface area contributed by atoms with E-state index in [1.54, 1.807) is 32.0 Å². The largest absolute Gasteiger partial charge is 0.463 e. The zero-order valence-electron chi connectivity index (χ0n) is 15.2. The summed E-state index contributed by atoms with van der Waals surface area (Å²) >= 11 is 0. The van der Waals surface area contributed by atoms with Crippen molar-refractivity contribution in [3.05, 3.63) is 53.0 Å². The van der Waals surface area contributed by atoms with E-state index in [1.807, 2.05) is 26.0 Å². The van der Waals surface area contributed by atoms with Crippen LogP contribution in [0.3, 0.4) is 0 Å². The molecule has 7 heteroatoms. The van der Waals surface area contributed by atoms with E-state index in [9.17, 15) is 14.4 Å². The minimum atomic E-state index is -1.31. The Morgan fingerprint density at radius 3 is 2.58 bits per heavy atom. The minimum Gasteiger partial charge on any atom is -0.463 e. The van der Waals surface area contributed by atoms with Crippen molar-refractivity contribution in [2.75, 3.05) is 11.9 Å². The van der Waals surface area contributed by atoms with Crippen molar-refractivity contribution in [1.82, 2.24) is 10.2 Å². The number of furan rings is 1. The molecule has 1 aromatic heterocycles. The van der Waals surface area contributed by atoms with Gasteiger partial charge >= 0.3 is 6.03 Å². The molecule has 0 spiro atoms. The Morgan fingerprint density at radius 2 is 1.92 bits per heavy atom. The number of aryl methyl sites for hydroxylation is 2. The van der Waals surface area contributed by atoms with Gasteiger partial charge in [-0.05, 0) is 57.0 Å². The number of amides is 4. The maximum Gasteiger partial charge on any atom is 0.325 e. The van der Waals surface area contributed by atoms with Crippen LogP contribution < -0.4 is 10.6 Å². The number of anilines is 1. The number of carbonyl (C=O) groups is 3. The Morgan fingerprint density at radius 1 is 1.19 bits per heavy atom. The van der Waals surface area contributed by atoms with Crippen LogP contribution in [-0.2, 0) is 15.1 Å². The number of nitrogens with zero attached hydrogens (tertiary/aromatic N) is 1. The monoisotopic (exact) mass is 355 g/mol. The summed E-state index contributed by atoms with van der Waals surface area (Å²) in [6, 6.07) is 8.30. The number of hydrogen-bond acceptors (Lipinski definition) is 4. The molecule has 2 N–H and O–H groups in total. The third kappa shape index (κ3) is 2.96. The van der Waals surface area contributed by atoms with Crippen LogP contribution in [0.4, 0.5) is 10.5 Å². The molecule has 26 heavy (non-hydrogen) atoms. The molecule has 136 valence electrons. The van der Waals surface area contributed by atoms with Gasteiger partial charge in [0.15, 0.2) is 5.54 Å². The van der Waals surface area contributed by atoms with E-state index in [0.29, 0.717) is 17.2 Å². The molecular weight excluding hydrogens is 334 g/mol. The number of rotatable bonds is 4. The first-order valence-electron chi connectivity index (χ1n) is 8.29. The highest BCUT2D eigenvalue weighted by Crippen LogP contribution is 2.30. The molecule has 1 saturated heterocycles. The van der Waals surface area contributed by atoms with Gasteiger partial charge in [-0.3, -0.25) is 14.5 Å². The lowest BCUT2D eigenvalue weighted by molar-refractivity contribution is -0.134. The summed E-state index contributed by atoms with van der Waals surface area (Å²) < 4.78 is 5.50. The van der Waals surface area contributed by atoms with Crippen molar-refractivity contribution >= 4 is 23.5 Å². The number of nitrogens with one attached hydrogen (secondary N) is 2. The van der Waals surface area contributed by atoms with Crippen LogP contribution >= 0.6 is 0 Å². The Labute approximate surface area is 151 Å². The van der Waals surface area contributed by atoms with Crippen LogP contribution in [0.1, 0.15) is 29.6 Å². The van der Waals surface area contributed by atoms with Gasteiger partial charge in [-0.2, -0.15) is 0 Å². The third-order valence-corrected chi connectivity index (χ3v) is 4.69. The molecule has 0 saturated carbocycles. The zero-order chi connectivity index (χ0) is 19.1. The molecule has 0 unspecified atom stereocenters. The SMILES string of the molecule is Cc1ccc([C@@]2(C)NC(=O)N(CC(=O)Nc3cccc(C)c3C)C2=O)o1. The molecule has 1 aliphatic heterocycles.